The molecule has 2 rings (SSSR count). The molecule has 19 heavy (non-hydrogen) atoms. The van der Waals surface area contributed by atoms with Crippen molar-refractivity contribution in [1.82, 2.24) is 10.3 Å². The number of pyridine rings is 1. The molecule has 2 aromatic rings. The van der Waals surface area contributed by atoms with Crippen LogP contribution in [0.2, 0.25) is 0 Å². The number of aromatic nitrogens is 1. The highest BCUT2D eigenvalue weighted by Gasteiger charge is 2.17. The topological polar surface area (TPSA) is 88.2 Å². The third-order valence-electron chi connectivity index (χ3n) is 2.74. The van der Waals surface area contributed by atoms with Gasteiger partial charge in [-0.15, -0.1) is 0 Å². The van der Waals surface area contributed by atoms with Crippen molar-refractivity contribution in [2.24, 2.45) is 0 Å². The van der Waals surface area contributed by atoms with Crippen molar-refractivity contribution in [2.45, 2.75) is 6.04 Å². The van der Waals surface area contributed by atoms with Gasteiger partial charge in [-0.2, -0.15) is 0 Å². The molecule has 0 aliphatic rings. The number of nitrogens with one attached hydrogen (secondary N) is 1. The molecule has 5 heteroatoms. The van der Waals surface area contributed by atoms with Crippen molar-refractivity contribution in [3.05, 3.63) is 59.9 Å². The maximum atomic E-state index is 12.0. The van der Waals surface area contributed by atoms with E-state index >= 15 is 0 Å². The number of nitrogens with two attached hydrogens (primary N) is 1. The Bertz CT molecular complexity index is 558. The molecule has 0 radical (unpaired) electrons. The Kier molecular flexibility index (Phi) is 4.10. The predicted molar refractivity (Wildman–Crippen MR) is 72.4 cm³/mol. The molecule has 5 nitrogen and oxygen atoms in total. The summed E-state index contributed by atoms with van der Waals surface area (Å²) >= 11 is 0. The Hall–Kier alpha value is -2.40. The molecule has 0 bridgehead atoms. The Morgan fingerprint density at radius 1 is 1.26 bits per heavy atom. The first-order valence-corrected chi connectivity index (χ1v) is 5.89. The van der Waals surface area contributed by atoms with E-state index < -0.39 is 11.9 Å². The highest BCUT2D eigenvalue weighted by Crippen LogP contribution is 2.14. The number of benzene rings is 1. The maximum absolute atomic E-state index is 12.0. The van der Waals surface area contributed by atoms with Crippen molar-refractivity contribution in [3.8, 4) is 0 Å². The molecule has 0 spiro atoms. The van der Waals surface area contributed by atoms with Crippen molar-refractivity contribution in [1.29, 1.82) is 0 Å². The first-order valence-electron chi connectivity index (χ1n) is 5.89. The lowest BCUT2D eigenvalue weighted by Gasteiger charge is -2.16. The van der Waals surface area contributed by atoms with Crippen LogP contribution in [0.3, 0.4) is 0 Å². The highest BCUT2D eigenvalue weighted by molar-refractivity contribution is 5.97. The van der Waals surface area contributed by atoms with E-state index in [9.17, 15) is 9.90 Å². The Morgan fingerprint density at radius 2 is 2.00 bits per heavy atom. The zero-order valence-corrected chi connectivity index (χ0v) is 10.3. The van der Waals surface area contributed by atoms with Gasteiger partial charge in [0.25, 0.3) is 5.91 Å². The standard InChI is InChI=1S/C14H15N3O2/c15-11-7-4-8-16-13(11)14(19)17-12(9-18)10-5-2-1-3-6-10/h1-8,12,18H,9,15H2,(H,17,19)/t12-/m1/s1. The fraction of sp³-hybridized carbons (Fsp3) is 0.143. The summed E-state index contributed by atoms with van der Waals surface area (Å²) in [4.78, 5) is 16.0. The molecule has 0 fully saturated rings. The second-order valence-corrected chi connectivity index (χ2v) is 4.06. The lowest BCUT2D eigenvalue weighted by molar-refractivity contribution is 0.0912. The zero-order chi connectivity index (χ0) is 13.7. The predicted octanol–water partition coefficient (Wildman–Crippen LogP) is 1.13. The van der Waals surface area contributed by atoms with E-state index in [1.165, 1.54) is 6.20 Å². The molecule has 1 heterocycles. The quantitative estimate of drug-likeness (QED) is 0.766. The number of hydrogen-bond donors (Lipinski definition) is 3. The average molecular weight is 257 g/mol. The molecule has 0 aliphatic heterocycles. The van der Waals surface area contributed by atoms with Crippen LogP contribution in [0.4, 0.5) is 5.69 Å². The minimum Gasteiger partial charge on any atom is -0.397 e. The minimum atomic E-state index is -0.477. The molecule has 0 unspecified atom stereocenters. The SMILES string of the molecule is Nc1cccnc1C(=O)N[C@H](CO)c1ccccc1. The van der Waals surface area contributed by atoms with E-state index in [-0.39, 0.29) is 12.3 Å². The summed E-state index contributed by atoms with van der Waals surface area (Å²) in [7, 11) is 0. The third kappa shape index (κ3) is 3.08. The molecule has 0 aliphatic carbocycles. The van der Waals surface area contributed by atoms with Gasteiger partial charge in [0.2, 0.25) is 0 Å². The molecule has 98 valence electrons. The second kappa shape index (κ2) is 5.97. The number of amides is 1. The van der Waals surface area contributed by atoms with E-state index in [0.717, 1.165) is 5.56 Å². The monoisotopic (exact) mass is 257 g/mol. The first-order chi connectivity index (χ1) is 9.22. The second-order valence-electron chi connectivity index (χ2n) is 4.06. The van der Waals surface area contributed by atoms with Gasteiger partial charge < -0.3 is 16.2 Å². The Balaban J connectivity index is 2.16. The number of aliphatic hydroxyl groups excluding tert-OH is 1. The molecular weight excluding hydrogens is 242 g/mol. The normalized spacial score (nSPS) is 11.8. The smallest absolute Gasteiger partial charge is 0.272 e. The first kappa shape index (κ1) is 13.0. The molecule has 4 N–H and O–H groups in total. The minimum absolute atomic E-state index is 0.164. The molecule has 1 amide bonds. The van der Waals surface area contributed by atoms with Gasteiger partial charge in [-0.3, -0.25) is 4.79 Å². The van der Waals surface area contributed by atoms with E-state index in [1.54, 1.807) is 12.1 Å². The summed E-state index contributed by atoms with van der Waals surface area (Å²) < 4.78 is 0. The lowest BCUT2D eigenvalue weighted by atomic mass is 10.1. The molecule has 1 aromatic heterocycles. The molecule has 1 aromatic carbocycles. The van der Waals surface area contributed by atoms with Crippen LogP contribution >= 0.6 is 0 Å². The van der Waals surface area contributed by atoms with Gasteiger partial charge >= 0.3 is 0 Å². The zero-order valence-electron chi connectivity index (χ0n) is 10.3. The van der Waals surface area contributed by atoms with Gasteiger partial charge in [0.1, 0.15) is 0 Å². The van der Waals surface area contributed by atoms with Crippen LogP contribution < -0.4 is 11.1 Å². The summed E-state index contributed by atoms with van der Waals surface area (Å²) in [6.07, 6.45) is 1.50. The van der Waals surface area contributed by atoms with E-state index in [4.69, 9.17) is 5.73 Å². The number of aliphatic hydroxyl groups is 1. The largest absolute Gasteiger partial charge is 0.397 e. The van der Waals surface area contributed by atoms with E-state index in [0.29, 0.717) is 5.69 Å². The van der Waals surface area contributed by atoms with Crippen LogP contribution in [-0.4, -0.2) is 22.6 Å². The fourth-order valence-electron chi connectivity index (χ4n) is 1.75. The van der Waals surface area contributed by atoms with E-state index in [2.05, 4.69) is 10.3 Å². The Morgan fingerprint density at radius 3 is 2.63 bits per heavy atom. The van der Waals surface area contributed by atoms with Crippen LogP contribution in [0.1, 0.15) is 22.1 Å². The molecule has 0 saturated heterocycles. The van der Waals surface area contributed by atoms with Crippen molar-refractivity contribution in [2.75, 3.05) is 12.3 Å². The molecule has 0 saturated carbocycles. The summed E-state index contributed by atoms with van der Waals surface area (Å²) in [5, 5.41) is 12.1. The van der Waals surface area contributed by atoms with Crippen molar-refractivity contribution in [3.63, 3.8) is 0 Å². The Labute approximate surface area is 111 Å². The number of hydrogen-bond acceptors (Lipinski definition) is 4. The van der Waals surface area contributed by atoms with Gasteiger partial charge in [0.05, 0.1) is 18.3 Å². The van der Waals surface area contributed by atoms with Crippen LogP contribution in [0.5, 0.6) is 0 Å². The van der Waals surface area contributed by atoms with Gasteiger partial charge in [0, 0.05) is 6.20 Å². The highest BCUT2D eigenvalue weighted by atomic mass is 16.3. The van der Waals surface area contributed by atoms with Gasteiger partial charge in [-0.25, -0.2) is 4.98 Å². The van der Waals surface area contributed by atoms with Crippen LogP contribution in [0.15, 0.2) is 48.7 Å². The number of carbonyl (C=O) groups excluding carboxylic acids is 1. The number of rotatable bonds is 4. The van der Waals surface area contributed by atoms with Crippen molar-refractivity contribution >= 4 is 11.6 Å². The summed E-state index contributed by atoms with van der Waals surface area (Å²) in [5.41, 5.74) is 6.99. The number of nitrogens with zero attached hydrogens (tertiary/aromatic N) is 1. The average Bonchev–Trinajstić information content (AvgIpc) is 2.46. The van der Waals surface area contributed by atoms with Crippen LogP contribution in [0.25, 0.3) is 0 Å². The third-order valence-corrected chi connectivity index (χ3v) is 2.74. The fourth-order valence-corrected chi connectivity index (χ4v) is 1.75. The van der Waals surface area contributed by atoms with E-state index in [1.807, 2.05) is 30.3 Å². The molecular formula is C14H15N3O2. The van der Waals surface area contributed by atoms with Gasteiger partial charge in [-0.1, -0.05) is 30.3 Å². The summed E-state index contributed by atoms with van der Waals surface area (Å²) in [6, 6.07) is 12.0. The maximum Gasteiger partial charge on any atom is 0.272 e. The summed E-state index contributed by atoms with van der Waals surface area (Å²) in [6.45, 7) is -0.192. The summed E-state index contributed by atoms with van der Waals surface area (Å²) in [5.74, 6) is -0.402. The van der Waals surface area contributed by atoms with Gasteiger partial charge in [0.15, 0.2) is 5.69 Å². The van der Waals surface area contributed by atoms with Crippen LogP contribution in [-0.2, 0) is 0 Å². The molecule has 1 atom stereocenters. The number of carbonyl (C=O) groups is 1. The van der Waals surface area contributed by atoms with Crippen molar-refractivity contribution < 1.29 is 9.90 Å². The lowest BCUT2D eigenvalue weighted by Crippen LogP contribution is -2.31. The number of anilines is 1. The van der Waals surface area contributed by atoms with Crippen LogP contribution in [0, 0.1) is 0 Å². The number of nitrogen functional groups attached to an aromatic ring is 1. The van der Waals surface area contributed by atoms with Gasteiger partial charge in [-0.05, 0) is 17.7 Å².